The Labute approximate surface area is 135 Å². The molecule has 0 aliphatic carbocycles. The van der Waals surface area contributed by atoms with E-state index in [9.17, 15) is 0 Å². The second-order valence-electron chi connectivity index (χ2n) is 7.41. The summed E-state index contributed by atoms with van der Waals surface area (Å²) in [5.41, 5.74) is 1.44. The van der Waals surface area contributed by atoms with Crippen LogP contribution in [-0.4, -0.2) is 39.3 Å². The number of rotatable bonds is 4. The van der Waals surface area contributed by atoms with Gasteiger partial charge < -0.3 is 14.5 Å². The molecule has 3 nitrogen and oxygen atoms in total. The summed E-state index contributed by atoms with van der Waals surface area (Å²) >= 11 is 0. The molecule has 122 valence electrons. The van der Waals surface area contributed by atoms with Gasteiger partial charge in [-0.15, -0.1) is 0 Å². The zero-order valence-corrected chi connectivity index (χ0v) is 14.2. The molecule has 0 bridgehead atoms. The number of hydrogen-bond acceptors (Lipinski definition) is 1. The van der Waals surface area contributed by atoms with Crippen LogP contribution in [0.25, 0.3) is 0 Å². The van der Waals surface area contributed by atoms with Crippen molar-refractivity contribution in [2.24, 2.45) is 5.92 Å². The topological polar surface area (TPSA) is 18.1 Å². The highest BCUT2D eigenvalue weighted by atomic mass is 16.5. The molecule has 0 radical (unpaired) electrons. The molecule has 1 aromatic rings. The Hall–Kier alpha value is -1.06. The van der Waals surface area contributed by atoms with E-state index in [0.29, 0.717) is 0 Å². The second kappa shape index (κ2) is 7.47. The van der Waals surface area contributed by atoms with Crippen LogP contribution in [0.5, 0.6) is 5.75 Å². The minimum absolute atomic E-state index is 0.933. The summed E-state index contributed by atoms with van der Waals surface area (Å²) in [5, 5.41) is 0. The van der Waals surface area contributed by atoms with E-state index >= 15 is 0 Å². The Balaban J connectivity index is 1.46. The summed E-state index contributed by atoms with van der Waals surface area (Å²) in [7, 11) is 1.73. The standard InChI is InChI=1S/C19H30N2O/c1-16-4-3-11-21(14-16)18-9-12-20(13-10-18)15-17-5-7-19(22-2)8-6-17/h5-8,16,18H,3-4,9-15H2,1-2H3/p+2/t16-/m0/s1. The SMILES string of the molecule is COc1ccc(C[NH+]2CCC([NH+]3CCC[C@H](C)C3)CC2)cc1. The van der Waals surface area contributed by atoms with Gasteiger partial charge in [0.1, 0.15) is 12.3 Å². The van der Waals surface area contributed by atoms with Crippen molar-refractivity contribution in [3.05, 3.63) is 29.8 Å². The number of nitrogens with one attached hydrogen (secondary N) is 2. The lowest BCUT2D eigenvalue weighted by atomic mass is 9.95. The minimum atomic E-state index is 0.933. The lowest BCUT2D eigenvalue weighted by molar-refractivity contribution is -0.967. The summed E-state index contributed by atoms with van der Waals surface area (Å²) in [6, 6.07) is 9.54. The molecule has 3 rings (SSSR count). The fraction of sp³-hybridized carbons (Fsp3) is 0.684. The highest BCUT2D eigenvalue weighted by Crippen LogP contribution is 2.11. The number of methoxy groups -OCH3 is 1. The van der Waals surface area contributed by atoms with Crippen LogP contribution < -0.4 is 14.5 Å². The van der Waals surface area contributed by atoms with Gasteiger partial charge in [-0.2, -0.15) is 0 Å². The quantitative estimate of drug-likeness (QED) is 0.832. The number of likely N-dealkylation sites (tertiary alicyclic amines) is 2. The van der Waals surface area contributed by atoms with Gasteiger partial charge in [-0.05, 0) is 37.1 Å². The van der Waals surface area contributed by atoms with Gasteiger partial charge in [-0.3, -0.25) is 0 Å². The third kappa shape index (κ3) is 4.02. The van der Waals surface area contributed by atoms with E-state index in [-0.39, 0.29) is 0 Å². The van der Waals surface area contributed by atoms with Crippen LogP contribution in [0.2, 0.25) is 0 Å². The van der Waals surface area contributed by atoms with E-state index in [4.69, 9.17) is 4.74 Å². The molecule has 1 aromatic carbocycles. The molecule has 0 aromatic heterocycles. The first-order chi connectivity index (χ1) is 10.7. The molecule has 2 fully saturated rings. The molecule has 0 spiro atoms. The van der Waals surface area contributed by atoms with Gasteiger partial charge in [-0.25, -0.2) is 0 Å². The summed E-state index contributed by atoms with van der Waals surface area (Å²) < 4.78 is 5.24. The van der Waals surface area contributed by atoms with Gasteiger partial charge in [0.25, 0.3) is 0 Å². The normalized spacial score (nSPS) is 32.6. The minimum Gasteiger partial charge on any atom is -0.497 e. The largest absolute Gasteiger partial charge is 0.497 e. The fourth-order valence-corrected chi connectivity index (χ4v) is 4.34. The smallest absolute Gasteiger partial charge is 0.118 e. The number of hydrogen-bond donors (Lipinski definition) is 2. The van der Waals surface area contributed by atoms with Crippen LogP contribution in [0.3, 0.4) is 0 Å². The van der Waals surface area contributed by atoms with Crippen molar-refractivity contribution in [3.63, 3.8) is 0 Å². The van der Waals surface area contributed by atoms with E-state index in [2.05, 4.69) is 31.2 Å². The number of piperidine rings is 2. The highest BCUT2D eigenvalue weighted by molar-refractivity contribution is 5.26. The first kappa shape index (κ1) is 15.8. The molecule has 2 N–H and O–H groups in total. The van der Waals surface area contributed by atoms with Crippen LogP contribution in [-0.2, 0) is 6.54 Å². The van der Waals surface area contributed by atoms with Crippen molar-refractivity contribution < 1.29 is 14.5 Å². The third-order valence-corrected chi connectivity index (χ3v) is 5.69. The lowest BCUT2D eigenvalue weighted by Crippen LogP contribution is -3.21. The first-order valence-corrected chi connectivity index (χ1v) is 9.05. The van der Waals surface area contributed by atoms with E-state index in [0.717, 1.165) is 17.7 Å². The van der Waals surface area contributed by atoms with Crippen molar-refractivity contribution >= 4 is 0 Å². The predicted molar refractivity (Wildman–Crippen MR) is 89.5 cm³/mol. The maximum atomic E-state index is 5.24. The molecule has 2 saturated heterocycles. The molecule has 2 heterocycles. The molecular formula is C19H32N2O+2. The van der Waals surface area contributed by atoms with Crippen LogP contribution in [0.4, 0.5) is 0 Å². The van der Waals surface area contributed by atoms with Gasteiger partial charge >= 0.3 is 0 Å². The summed E-state index contributed by atoms with van der Waals surface area (Å²) in [6.07, 6.45) is 5.71. The molecule has 22 heavy (non-hydrogen) atoms. The maximum absolute atomic E-state index is 5.24. The van der Waals surface area contributed by atoms with Crippen LogP contribution >= 0.6 is 0 Å². The Bertz CT molecular complexity index is 451. The Morgan fingerprint density at radius 1 is 1.05 bits per heavy atom. The highest BCUT2D eigenvalue weighted by Gasteiger charge is 2.32. The monoisotopic (exact) mass is 304 g/mol. The average Bonchev–Trinajstić information content (AvgIpc) is 2.56. The number of ether oxygens (including phenoxy) is 1. The van der Waals surface area contributed by atoms with E-state index in [1.807, 2.05) is 4.90 Å². The zero-order chi connectivity index (χ0) is 15.4. The Morgan fingerprint density at radius 3 is 2.41 bits per heavy atom. The van der Waals surface area contributed by atoms with E-state index in [1.54, 1.807) is 12.0 Å². The first-order valence-electron chi connectivity index (χ1n) is 9.05. The average molecular weight is 304 g/mol. The second-order valence-corrected chi connectivity index (χ2v) is 7.41. The lowest BCUT2D eigenvalue weighted by Gasteiger charge is -2.37. The van der Waals surface area contributed by atoms with Crippen molar-refractivity contribution in [3.8, 4) is 5.75 Å². The van der Waals surface area contributed by atoms with Crippen molar-refractivity contribution in [2.75, 3.05) is 33.3 Å². The Morgan fingerprint density at radius 2 is 1.77 bits per heavy atom. The molecule has 1 unspecified atom stereocenters. The van der Waals surface area contributed by atoms with Crippen LogP contribution in [0.1, 0.15) is 38.2 Å². The van der Waals surface area contributed by atoms with Crippen molar-refractivity contribution in [1.82, 2.24) is 0 Å². The van der Waals surface area contributed by atoms with Gasteiger partial charge in [0.15, 0.2) is 0 Å². The number of quaternary nitrogens is 2. The summed E-state index contributed by atoms with van der Waals surface area (Å²) in [4.78, 5) is 3.66. The molecule has 2 atom stereocenters. The molecular weight excluding hydrogens is 272 g/mol. The zero-order valence-electron chi connectivity index (χ0n) is 14.2. The van der Waals surface area contributed by atoms with Gasteiger partial charge in [0, 0.05) is 24.3 Å². The summed E-state index contributed by atoms with van der Waals surface area (Å²) in [5.74, 6) is 1.90. The molecule has 0 amide bonds. The van der Waals surface area contributed by atoms with E-state index < -0.39 is 0 Å². The molecule has 2 aliphatic rings. The number of benzene rings is 1. The van der Waals surface area contributed by atoms with Crippen LogP contribution in [0.15, 0.2) is 24.3 Å². The van der Waals surface area contributed by atoms with Crippen molar-refractivity contribution in [1.29, 1.82) is 0 Å². The third-order valence-electron chi connectivity index (χ3n) is 5.69. The van der Waals surface area contributed by atoms with Crippen molar-refractivity contribution in [2.45, 2.75) is 45.2 Å². The molecule has 2 aliphatic heterocycles. The predicted octanol–water partition coefficient (Wildman–Crippen LogP) is 0.557. The Kier molecular flexibility index (Phi) is 5.37. The van der Waals surface area contributed by atoms with Gasteiger partial charge in [-0.1, -0.05) is 6.92 Å². The van der Waals surface area contributed by atoms with Gasteiger partial charge in [0.2, 0.25) is 0 Å². The van der Waals surface area contributed by atoms with Crippen LogP contribution in [0, 0.1) is 5.92 Å². The van der Waals surface area contributed by atoms with E-state index in [1.165, 1.54) is 64.0 Å². The molecule has 3 heteroatoms. The van der Waals surface area contributed by atoms with Gasteiger partial charge in [0.05, 0.1) is 39.3 Å². The molecule has 0 saturated carbocycles. The maximum Gasteiger partial charge on any atom is 0.118 e. The summed E-state index contributed by atoms with van der Waals surface area (Å²) in [6.45, 7) is 9.12. The fourth-order valence-electron chi connectivity index (χ4n) is 4.34.